The molecule has 0 saturated heterocycles. The van der Waals surface area contributed by atoms with Gasteiger partial charge in [0.2, 0.25) is 0 Å². The van der Waals surface area contributed by atoms with Gasteiger partial charge in [-0.15, -0.1) is 0 Å². The highest BCUT2D eigenvalue weighted by atomic mass is 79.9. The Balaban J connectivity index is 2.24. The molecule has 0 aliphatic heterocycles. The average molecular weight is 343 g/mol. The van der Waals surface area contributed by atoms with E-state index in [1.54, 1.807) is 0 Å². The van der Waals surface area contributed by atoms with Gasteiger partial charge in [0.1, 0.15) is 11.3 Å². The summed E-state index contributed by atoms with van der Waals surface area (Å²) in [5.41, 5.74) is 3.17. The minimum atomic E-state index is 0.00683. The van der Waals surface area contributed by atoms with Crippen LogP contribution in [0.3, 0.4) is 0 Å². The minimum Gasteiger partial charge on any atom is -0.460 e. The van der Waals surface area contributed by atoms with Crippen LogP contribution in [0.1, 0.15) is 34.2 Å². The van der Waals surface area contributed by atoms with E-state index in [0.717, 1.165) is 26.8 Å². The molecule has 0 fully saturated rings. The number of ketones is 1. The lowest BCUT2D eigenvalue weighted by Gasteiger charge is -2.06. The molecule has 0 bridgehead atoms. The third-order valence-electron chi connectivity index (χ3n) is 3.65. The van der Waals surface area contributed by atoms with Crippen LogP contribution in [-0.4, -0.2) is 5.78 Å². The first-order valence-corrected chi connectivity index (χ1v) is 7.73. The van der Waals surface area contributed by atoms with Crippen LogP contribution in [0.5, 0.6) is 0 Å². The van der Waals surface area contributed by atoms with Crippen molar-refractivity contribution in [1.82, 2.24) is 0 Å². The summed E-state index contributed by atoms with van der Waals surface area (Å²) in [6.45, 7) is 3.98. The molecule has 0 spiro atoms. The van der Waals surface area contributed by atoms with Crippen LogP contribution in [0.2, 0.25) is 0 Å². The fourth-order valence-corrected chi connectivity index (χ4v) is 3.00. The van der Waals surface area contributed by atoms with E-state index in [9.17, 15) is 4.79 Å². The Hall–Kier alpha value is -1.87. The lowest BCUT2D eigenvalue weighted by Crippen LogP contribution is -2.05. The zero-order valence-electron chi connectivity index (χ0n) is 11.9. The van der Waals surface area contributed by atoms with Gasteiger partial charge in [-0.25, -0.2) is 0 Å². The van der Waals surface area contributed by atoms with Gasteiger partial charge in [-0.3, -0.25) is 4.79 Å². The molecule has 3 heteroatoms. The molecule has 1 aromatic heterocycles. The van der Waals surface area contributed by atoms with Crippen molar-refractivity contribution in [2.24, 2.45) is 0 Å². The molecular weight excluding hydrogens is 328 g/mol. The van der Waals surface area contributed by atoms with E-state index in [1.165, 1.54) is 0 Å². The number of benzene rings is 2. The van der Waals surface area contributed by atoms with Crippen LogP contribution < -0.4 is 0 Å². The predicted molar refractivity (Wildman–Crippen MR) is 87.9 cm³/mol. The molecule has 2 nitrogen and oxygen atoms in total. The van der Waals surface area contributed by atoms with Crippen molar-refractivity contribution in [1.29, 1.82) is 0 Å². The maximum absolute atomic E-state index is 13.0. The lowest BCUT2D eigenvalue weighted by molar-refractivity contribution is 0.103. The molecule has 0 radical (unpaired) electrons. The maximum atomic E-state index is 13.0. The highest BCUT2D eigenvalue weighted by molar-refractivity contribution is 9.10. The van der Waals surface area contributed by atoms with Crippen LogP contribution >= 0.6 is 15.9 Å². The molecule has 3 rings (SSSR count). The normalized spacial score (nSPS) is 11.0. The minimum absolute atomic E-state index is 0.00683. The molecule has 21 heavy (non-hydrogen) atoms. The third-order valence-corrected chi connectivity index (χ3v) is 4.71. The Kier molecular flexibility index (Phi) is 3.68. The quantitative estimate of drug-likeness (QED) is 0.604. The fraction of sp³-hybridized carbons (Fsp3) is 0.167. The fourth-order valence-electron chi connectivity index (χ4n) is 2.55. The number of halogens is 1. The van der Waals surface area contributed by atoms with Crippen molar-refractivity contribution >= 4 is 32.7 Å². The van der Waals surface area contributed by atoms with Gasteiger partial charge in [0.25, 0.3) is 0 Å². The molecule has 0 unspecified atom stereocenters. The number of rotatable bonds is 3. The molecular formula is C18H15BrO2. The van der Waals surface area contributed by atoms with Gasteiger partial charge in [0.15, 0.2) is 5.78 Å². The van der Waals surface area contributed by atoms with Gasteiger partial charge in [-0.05, 0) is 40.5 Å². The van der Waals surface area contributed by atoms with Crippen LogP contribution in [0, 0.1) is 6.92 Å². The van der Waals surface area contributed by atoms with E-state index >= 15 is 0 Å². The van der Waals surface area contributed by atoms with Crippen molar-refractivity contribution in [3.63, 3.8) is 0 Å². The number of fused-ring (bicyclic) bond motifs is 1. The van der Waals surface area contributed by atoms with Crippen LogP contribution in [0.25, 0.3) is 11.0 Å². The first-order chi connectivity index (χ1) is 10.1. The van der Waals surface area contributed by atoms with Gasteiger partial charge in [-0.2, -0.15) is 0 Å². The summed E-state index contributed by atoms with van der Waals surface area (Å²) in [5, 5.41) is 0.882. The van der Waals surface area contributed by atoms with Gasteiger partial charge >= 0.3 is 0 Å². The van der Waals surface area contributed by atoms with Gasteiger partial charge in [0, 0.05) is 21.8 Å². The van der Waals surface area contributed by atoms with E-state index < -0.39 is 0 Å². The topological polar surface area (TPSA) is 30.2 Å². The number of furan rings is 1. The molecule has 0 aliphatic carbocycles. The number of aryl methyl sites for hydroxylation is 2. The zero-order chi connectivity index (χ0) is 15.0. The Bertz CT molecular complexity index is 830. The summed E-state index contributed by atoms with van der Waals surface area (Å²) in [6, 6.07) is 13.4. The summed E-state index contributed by atoms with van der Waals surface area (Å²) in [5.74, 6) is 0.752. The summed E-state index contributed by atoms with van der Waals surface area (Å²) in [7, 11) is 0. The molecule has 0 aliphatic rings. The molecule has 106 valence electrons. The second kappa shape index (κ2) is 5.49. The molecule has 3 aromatic rings. The SMILES string of the molecule is CCc1oc2ccccc2c1C(=O)c1cccc(C)c1Br. The zero-order valence-corrected chi connectivity index (χ0v) is 13.5. The number of para-hydroxylation sites is 1. The van der Waals surface area contributed by atoms with Gasteiger partial charge in [0.05, 0.1) is 5.56 Å². The number of carbonyl (C=O) groups is 1. The summed E-state index contributed by atoms with van der Waals surface area (Å²) >= 11 is 3.53. The number of carbonyl (C=O) groups excluding carboxylic acids is 1. The Labute approximate surface area is 131 Å². The number of hydrogen-bond donors (Lipinski definition) is 0. The molecule has 0 atom stereocenters. The van der Waals surface area contributed by atoms with Crippen molar-refractivity contribution in [3.8, 4) is 0 Å². The Morgan fingerprint density at radius 1 is 1.14 bits per heavy atom. The molecule has 0 amide bonds. The first-order valence-electron chi connectivity index (χ1n) is 6.93. The van der Waals surface area contributed by atoms with Crippen LogP contribution in [-0.2, 0) is 6.42 Å². The highest BCUT2D eigenvalue weighted by Crippen LogP contribution is 2.31. The van der Waals surface area contributed by atoms with Crippen molar-refractivity contribution in [2.45, 2.75) is 20.3 Å². The van der Waals surface area contributed by atoms with E-state index in [0.29, 0.717) is 17.5 Å². The van der Waals surface area contributed by atoms with E-state index in [4.69, 9.17) is 4.42 Å². The second-order valence-corrected chi connectivity index (χ2v) is 5.81. The average Bonchev–Trinajstić information content (AvgIpc) is 2.88. The molecule has 2 aromatic carbocycles. The monoisotopic (exact) mass is 342 g/mol. The second-order valence-electron chi connectivity index (χ2n) is 5.02. The third kappa shape index (κ3) is 2.32. The van der Waals surface area contributed by atoms with Crippen molar-refractivity contribution < 1.29 is 9.21 Å². The molecule has 1 heterocycles. The largest absolute Gasteiger partial charge is 0.460 e. The van der Waals surface area contributed by atoms with Gasteiger partial charge in [-0.1, -0.05) is 37.3 Å². The van der Waals surface area contributed by atoms with Crippen LogP contribution in [0.4, 0.5) is 0 Å². The Morgan fingerprint density at radius 2 is 1.90 bits per heavy atom. The van der Waals surface area contributed by atoms with Crippen molar-refractivity contribution in [2.75, 3.05) is 0 Å². The smallest absolute Gasteiger partial charge is 0.198 e. The van der Waals surface area contributed by atoms with E-state index in [2.05, 4.69) is 15.9 Å². The molecule has 0 N–H and O–H groups in total. The summed E-state index contributed by atoms with van der Waals surface area (Å²) in [4.78, 5) is 13.0. The van der Waals surface area contributed by atoms with Crippen LogP contribution in [0.15, 0.2) is 51.4 Å². The maximum Gasteiger partial charge on any atom is 0.198 e. The summed E-state index contributed by atoms with van der Waals surface area (Å²) in [6.07, 6.45) is 0.694. The van der Waals surface area contributed by atoms with Gasteiger partial charge < -0.3 is 4.42 Å². The summed E-state index contributed by atoms with van der Waals surface area (Å²) < 4.78 is 6.67. The highest BCUT2D eigenvalue weighted by Gasteiger charge is 2.22. The first kappa shape index (κ1) is 14.1. The predicted octanol–water partition coefficient (Wildman–Crippen LogP) is 5.30. The standard InChI is InChI=1S/C18H15BrO2/c1-3-14-16(12-8-4-5-10-15(12)21-14)18(20)13-9-6-7-11(2)17(13)19/h4-10H,3H2,1-2H3. The molecule has 0 saturated carbocycles. The van der Waals surface area contributed by atoms with E-state index in [1.807, 2.05) is 56.3 Å². The van der Waals surface area contributed by atoms with Crippen molar-refractivity contribution in [3.05, 3.63) is 69.4 Å². The van der Waals surface area contributed by atoms with E-state index in [-0.39, 0.29) is 5.78 Å². The lowest BCUT2D eigenvalue weighted by atomic mass is 9.98. The Morgan fingerprint density at radius 3 is 2.67 bits per heavy atom. The number of hydrogen-bond acceptors (Lipinski definition) is 2.